The molecule has 2 rings (SSSR count). The highest BCUT2D eigenvalue weighted by atomic mass is 16.6. The number of nitrogens with zero attached hydrogens (tertiary/aromatic N) is 2. The Labute approximate surface area is 101 Å². The lowest BCUT2D eigenvalue weighted by atomic mass is 9.99. The van der Waals surface area contributed by atoms with Gasteiger partial charge in [-0.3, -0.25) is 19.7 Å². The molecule has 0 heterocycles. The number of fused-ring (bicyclic) bond motifs is 1. The van der Waals surface area contributed by atoms with E-state index < -0.39 is 22.4 Å². The summed E-state index contributed by atoms with van der Waals surface area (Å²) < 4.78 is 0. The molecule has 1 aromatic carbocycles. The number of carbonyl (C=O) groups excluding carboxylic acids is 2. The second-order valence-corrected chi connectivity index (χ2v) is 3.89. The molecule has 18 heavy (non-hydrogen) atoms. The van der Waals surface area contributed by atoms with Crippen LogP contribution >= 0.6 is 0 Å². The van der Waals surface area contributed by atoms with Crippen LogP contribution in [0.3, 0.4) is 0 Å². The number of hydrogen-bond acceptors (Lipinski definition) is 6. The van der Waals surface area contributed by atoms with Crippen molar-refractivity contribution in [2.24, 2.45) is 16.9 Å². The number of Topliss-reactive ketones (excluding diaryl/α,β-unsaturated/α-hetero) is 2. The van der Waals surface area contributed by atoms with Crippen molar-refractivity contribution < 1.29 is 14.5 Å². The van der Waals surface area contributed by atoms with Crippen LogP contribution < -0.4 is 5.84 Å². The van der Waals surface area contributed by atoms with E-state index in [1.807, 2.05) is 0 Å². The molecular weight excluding hydrogens is 238 g/mol. The van der Waals surface area contributed by atoms with Crippen LogP contribution in [-0.2, 0) is 0 Å². The van der Waals surface area contributed by atoms with Gasteiger partial charge in [0.25, 0.3) is 5.69 Å². The van der Waals surface area contributed by atoms with Gasteiger partial charge in [-0.1, -0.05) is 12.1 Å². The number of benzene rings is 1. The number of hydrazone groups is 1. The second-order valence-electron chi connectivity index (χ2n) is 3.89. The molecule has 0 saturated heterocycles. The molecule has 1 unspecified atom stereocenters. The first kappa shape index (κ1) is 11.9. The molecule has 0 aromatic heterocycles. The fourth-order valence-electron chi connectivity index (χ4n) is 2.03. The monoisotopic (exact) mass is 247 g/mol. The minimum Gasteiger partial charge on any atom is -0.323 e. The van der Waals surface area contributed by atoms with Crippen molar-refractivity contribution in [3.05, 3.63) is 39.4 Å². The smallest absolute Gasteiger partial charge is 0.280 e. The molecule has 1 aromatic rings. The average molecular weight is 247 g/mol. The molecule has 0 saturated carbocycles. The van der Waals surface area contributed by atoms with Crippen molar-refractivity contribution in [3.63, 3.8) is 0 Å². The first-order valence-corrected chi connectivity index (χ1v) is 5.09. The Morgan fingerprint density at radius 2 is 2.06 bits per heavy atom. The minimum absolute atomic E-state index is 0.0576. The first-order valence-electron chi connectivity index (χ1n) is 5.09. The summed E-state index contributed by atoms with van der Waals surface area (Å²) in [6.07, 6.45) is 0. The normalized spacial score (nSPS) is 18.9. The first-order chi connectivity index (χ1) is 8.49. The summed E-state index contributed by atoms with van der Waals surface area (Å²) in [5.41, 5.74) is -0.309. The van der Waals surface area contributed by atoms with Gasteiger partial charge < -0.3 is 5.84 Å². The zero-order chi connectivity index (χ0) is 13.4. The SMILES string of the molecule is CC(=NN)C1C(=O)c2cccc([N+](=O)[O-])c2C1=O. The molecule has 2 N–H and O–H groups in total. The predicted octanol–water partition coefficient (Wildman–Crippen LogP) is 0.925. The number of nitro benzene ring substituents is 1. The van der Waals surface area contributed by atoms with Crippen LogP contribution in [0.1, 0.15) is 27.6 Å². The highest BCUT2D eigenvalue weighted by Crippen LogP contribution is 2.33. The molecule has 1 atom stereocenters. The molecular formula is C11H9N3O4. The summed E-state index contributed by atoms with van der Waals surface area (Å²) in [6, 6.07) is 3.97. The molecule has 0 fully saturated rings. The summed E-state index contributed by atoms with van der Waals surface area (Å²) in [5, 5.41) is 14.2. The molecule has 92 valence electrons. The van der Waals surface area contributed by atoms with Crippen LogP contribution in [-0.4, -0.2) is 22.2 Å². The third-order valence-corrected chi connectivity index (χ3v) is 2.90. The number of rotatable bonds is 2. The van der Waals surface area contributed by atoms with Gasteiger partial charge in [0.05, 0.1) is 10.6 Å². The summed E-state index contributed by atoms with van der Waals surface area (Å²) in [7, 11) is 0. The number of hydrogen-bond donors (Lipinski definition) is 1. The number of ketones is 2. The molecule has 0 aliphatic heterocycles. The number of nitrogens with two attached hydrogens (primary N) is 1. The lowest BCUT2D eigenvalue weighted by Gasteiger charge is -2.03. The molecule has 0 spiro atoms. The maximum absolute atomic E-state index is 12.1. The van der Waals surface area contributed by atoms with E-state index >= 15 is 0 Å². The van der Waals surface area contributed by atoms with E-state index in [2.05, 4.69) is 5.10 Å². The Kier molecular flexibility index (Phi) is 2.66. The standard InChI is InChI=1S/C11H9N3O4/c1-5(13-12)8-10(15)6-3-2-4-7(14(17)18)9(6)11(8)16/h2-4,8H,12H2,1H3. The quantitative estimate of drug-likeness (QED) is 0.274. The number of carbonyl (C=O) groups is 2. The van der Waals surface area contributed by atoms with Crippen LogP contribution in [0.15, 0.2) is 23.3 Å². The highest BCUT2D eigenvalue weighted by Gasteiger charge is 2.44. The van der Waals surface area contributed by atoms with Gasteiger partial charge in [0.1, 0.15) is 11.5 Å². The van der Waals surface area contributed by atoms with E-state index in [0.717, 1.165) is 0 Å². The van der Waals surface area contributed by atoms with Gasteiger partial charge in [-0.05, 0) is 6.92 Å². The Balaban J connectivity index is 2.66. The van der Waals surface area contributed by atoms with Gasteiger partial charge >= 0.3 is 0 Å². The Bertz CT molecular complexity index is 606. The zero-order valence-corrected chi connectivity index (χ0v) is 9.41. The summed E-state index contributed by atoms with van der Waals surface area (Å²) in [5.74, 6) is 2.81. The van der Waals surface area contributed by atoms with Crippen molar-refractivity contribution >= 4 is 23.0 Å². The van der Waals surface area contributed by atoms with Crippen molar-refractivity contribution in [1.82, 2.24) is 0 Å². The van der Waals surface area contributed by atoms with Crippen LogP contribution in [0, 0.1) is 16.0 Å². The fraction of sp³-hybridized carbons (Fsp3) is 0.182. The van der Waals surface area contributed by atoms with Gasteiger partial charge in [-0.25, -0.2) is 0 Å². The minimum atomic E-state index is -1.13. The molecule has 1 aliphatic rings. The third-order valence-electron chi connectivity index (χ3n) is 2.90. The van der Waals surface area contributed by atoms with Gasteiger partial charge in [0, 0.05) is 11.6 Å². The maximum atomic E-state index is 12.1. The van der Waals surface area contributed by atoms with E-state index in [1.54, 1.807) is 0 Å². The van der Waals surface area contributed by atoms with Crippen LogP contribution in [0.4, 0.5) is 5.69 Å². The van der Waals surface area contributed by atoms with Gasteiger partial charge in [0.15, 0.2) is 11.6 Å². The fourth-order valence-corrected chi connectivity index (χ4v) is 2.03. The number of nitro groups is 1. The van der Waals surface area contributed by atoms with E-state index in [1.165, 1.54) is 25.1 Å². The van der Waals surface area contributed by atoms with E-state index in [4.69, 9.17) is 5.84 Å². The van der Waals surface area contributed by atoms with Gasteiger partial charge in [-0.2, -0.15) is 5.10 Å². The van der Waals surface area contributed by atoms with Crippen molar-refractivity contribution in [2.75, 3.05) is 0 Å². The largest absolute Gasteiger partial charge is 0.323 e. The van der Waals surface area contributed by atoms with Gasteiger partial charge in [0.2, 0.25) is 0 Å². The third kappa shape index (κ3) is 1.48. The Morgan fingerprint density at radius 3 is 2.61 bits per heavy atom. The summed E-state index contributed by atoms with van der Waals surface area (Å²) in [6.45, 7) is 1.44. The van der Waals surface area contributed by atoms with E-state index in [9.17, 15) is 19.7 Å². The zero-order valence-electron chi connectivity index (χ0n) is 9.41. The van der Waals surface area contributed by atoms with E-state index in [-0.39, 0.29) is 22.5 Å². The summed E-state index contributed by atoms with van der Waals surface area (Å²) in [4.78, 5) is 34.2. The maximum Gasteiger partial charge on any atom is 0.280 e. The molecule has 7 heteroatoms. The van der Waals surface area contributed by atoms with E-state index in [0.29, 0.717) is 0 Å². The van der Waals surface area contributed by atoms with Crippen molar-refractivity contribution in [3.8, 4) is 0 Å². The second kappa shape index (κ2) is 4.02. The highest BCUT2D eigenvalue weighted by molar-refractivity contribution is 6.37. The Hall–Kier alpha value is -2.57. The molecule has 0 amide bonds. The lowest BCUT2D eigenvalue weighted by molar-refractivity contribution is -0.385. The lowest BCUT2D eigenvalue weighted by Crippen LogP contribution is -2.24. The topological polar surface area (TPSA) is 116 Å². The van der Waals surface area contributed by atoms with Crippen LogP contribution in [0.2, 0.25) is 0 Å². The predicted molar refractivity (Wildman–Crippen MR) is 62.5 cm³/mol. The molecule has 0 radical (unpaired) electrons. The molecule has 1 aliphatic carbocycles. The van der Waals surface area contributed by atoms with Gasteiger partial charge in [-0.15, -0.1) is 0 Å². The molecule has 0 bridgehead atoms. The average Bonchev–Trinajstić information content (AvgIpc) is 2.61. The van der Waals surface area contributed by atoms with Crippen molar-refractivity contribution in [2.45, 2.75) is 6.92 Å². The van der Waals surface area contributed by atoms with Crippen LogP contribution in [0.25, 0.3) is 0 Å². The Morgan fingerprint density at radius 1 is 1.39 bits per heavy atom. The van der Waals surface area contributed by atoms with Crippen LogP contribution in [0.5, 0.6) is 0 Å². The summed E-state index contributed by atoms with van der Waals surface area (Å²) >= 11 is 0. The molecule has 7 nitrogen and oxygen atoms in total. The van der Waals surface area contributed by atoms with Crippen molar-refractivity contribution in [1.29, 1.82) is 0 Å².